The van der Waals surface area contributed by atoms with Gasteiger partial charge in [-0.1, -0.05) is 31.2 Å². The number of nitrogens with one attached hydrogen (secondary N) is 1. The zero-order chi connectivity index (χ0) is 22.1. The predicted octanol–water partition coefficient (Wildman–Crippen LogP) is 1.20. The number of aliphatic hydroxyl groups excluding tert-OH is 4. The molecule has 0 amide bonds. The largest absolute Gasteiger partial charge is 0.461 e. The molecule has 0 saturated carbocycles. The van der Waals surface area contributed by atoms with Gasteiger partial charge in [0.15, 0.2) is 0 Å². The summed E-state index contributed by atoms with van der Waals surface area (Å²) in [4.78, 5) is 0. The number of ether oxygens (including phenoxy) is 2. The number of hydrogen-bond acceptors (Lipinski definition) is 7. The normalized spacial score (nSPS) is 26.3. The first-order valence-corrected chi connectivity index (χ1v) is 10.4. The van der Waals surface area contributed by atoms with Crippen LogP contribution in [-0.4, -0.2) is 67.9 Å². The van der Waals surface area contributed by atoms with Gasteiger partial charge in [0.25, 0.3) is 0 Å². The third-order valence-electron chi connectivity index (χ3n) is 5.74. The van der Waals surface area contributed by atoms with Crippen LogP contribution in [0.3, 0.4) is 0 Å². The van der Waals surface area contributed by atoms with Gasteiger partial charge in [-0.15, -0.1) is 0 Å². The van der Waals surface area contributed by atoms with Crippen LogP contribution in [0.15, 0.2) is 36.4 Å². The Morgan fingerprint density at radius 2 is 1.74 bits per heavy atom. The standard InChI is InChI=1S/C23H28N2O6/c1-3-13-4-6-14(7-5-13)10-16-19-15(24-25-16)8-12(2)9-17(19)30-23-22(29)21(28)20(27)18(11-26)31-23/h4-9,18,20-23,26-29H,3,10-11H2,1-2H3,(H,24,25)/t18-,20-,21+,22-,23?/m1/s1. The summed E-state index contributed by atoms with van der Waals surface area (Å²) in [5.74, 6) is 0.438. The van der Waals surface area contributed by atoms with Crippen molar-refractivity contribution in [2.24, 2.45) is 0 Å². The van der Waals surface area contributed by atoms with Crippen molar-refractivity contribution in [2.75, 3.05) is 6.61 Å². The number of hydrogen-bond donors (Lipinski definition) is 5. The van der Waals surface area contributed by atoms with E-state index in [1.807, 2.05) is 19.1 Å². The van der Waals surface area contributed by atoms with E-state index in [1.165, 1.54) is 5.56 Å². The van der Waals surface area contributed by atoms with Crippen molar-refractivity contribution in [3.63, 3.8) is 0 Å². The minimum absolute atomic E-state index is 0.438. The fourth-order valence-electron chi connectivity index (χ4n) is 3.92. The van der Waals surface area contributed by atoms with Gasteiger partial charge in [-0.2, -0.15) is 5.10 Å². The molecule has 5 atom stereocenters. The minimum Gasteiger partial charge on any atom is -0.461 e. The molecule has 1 fully saturated rings. The highest BCUT2D eigenvalue weighted by molar-refractivity contribution is 5.88. The molecule has 2 heterocycles. The maximum absolute atomic E-state index is 10.4. The van der Waals surface area contributed by atoms with Crippen molar-refractivity contribution in [3.05, 3.63) is 58.8 Å². The quantitative estimate of drug-likeness (QED) is 0.399. The summed E-state index contributed by atoms with van der Waals surface area (Å²) >= 11 is 0. The van der Waals surface area contributed by atoms with Crippen molar-refractivity contribution in [1.29, 1.82) is 0 Å². The Bertz CT molecular complexity index is 1030. The average Bonchev–Trinajstić information content (AvgIpc) is 3.17. The van der Waals surface area contributed by atoms with E-state index in [0.29, 0.717) is 17.7 Å². The molecule has 31 heavy (non-hydrogen) atoms. The molecule has 0 bridgehead atoms. The lowest BCUT2D eigenvalue weighted by Gasteiger charge is -2.39. The molecule has 3 aromatic rings. The topological polar surface area (TPSA) is 128 Å². The number of rotatable bonds is 6. The second-order valence-corrected chi connectivity index (χ2v) is 8.02. The van der Waals surface area contributed by atoms with Gasteiger partial charge in [-0.25, -0.2) is 0 Å². The van der Waals surface area contributed by atoms with Gasteiger partial charge >= 0.3 is 0 Å². The monoisotopic (exact) mass is 428 g/mol. The Labute approximate surface area is 180 Å². The van der Waals surface area contributed by atoms with Crippen molar-refractivity contribution in [3.8, 4) is 5.75 Å². The molecule has 166 valence electrons. The van der Waals surface area contributed by atoms with E-state index in [0.717, 1.165) is 28.6 Å². The first-order valence-electron chi connectivity index (χ1n) is 10.4. The molecule has 2 aromatic carbocycles. The van der Waals surface area contributed by atoms with Gasteiger partial charge in [0.1, 0.15) is 30.2 Å². The maximum atomic E-state index is 10.4. The summed E-state index contributed by atoms with van der Waals surface area (Å²) in [6, 6.07) is 12.1. The van der Waals surface area contributed by atoms with E-state index in [2.05, 4.69) is 41.4 Å². The SMILES string of the molecule is CCc1ccc(Cc2[nH]nc3cc(C)cc(OC4O[C@H](CO)[C@@H](O)[C@H](O)[C@H]4O)c23)cc1. The highest BCUT2D eigenvalue weighted by atomic mass is 16.7. The Hall–Kier alpha value is -2.49. The zero-order valence-corrected chi connectivity index (χ0v) is 17.5. The van der Waals surface area contributed by atoms with Crippen LogP contribution in [-0.2, 0) is 17.6 Å². The number of aliphatic hydroxyl groups is 4. The van der Waals surface area contributed by atoms with Crippen molar-refractivity contribution in [1.82, 2.24) is 10.2 Å². The van der Waals surface area contributed by atoms with Crippen LogP contribution in [0.2, 0.25) is 0 Å². The smallest absolute Gasteiger partial charge is 0.229 e. The highest BCUT2D eigenvalue weighted by Crippen LogP contribution is 2.33. The Morgan fingerprint density at radius 1 is 1.03 bits per heavy atom. The molecule has 1 aromatic heterocycles. The maximum Gasteiger partial charge on any atom is 0.229 e. The molecule has 1 saturated heterocycles. The minimum atomic E-state index is -1.50. The van der Waals surface area contributed by atoms with Crippen molar-refractivity contribution < 1.29 is 29.9 Å². The summed E-state index contributed by atoms with van der Waals surface area (Å²) in [5, 5.41) is 48.1. The zero-order valence-electron chi connectivity index (χ0n) is 17.5. The average molecular weight is 428 g/mol. The molecule has 0 aliphatic carbocycles. The molecular weight excluding hydrogens is 400 g/mol. The van der Waals surface area contributed by atoms with Crippen LogP contribution in [0.5, 0.6) is 5.75 Å². The Balaban J connectivity index is 1.66. The Kier molecular flexibility index (Phi) is 6.27. The predicted molar refractivity (Wildman–Crippen MR) is 114 cm³/mol. The van der Waals surface area contributed by atoms with Gasteiger partial charge in [-0.05, 0) is 42.2 Å². The van der Waals surface area contributed by atoms with Gasteiger partial charge < -0.3 is 29.9 Å². The van der Waals surface area contributed by atoms with Crippen LogP contribution >= 0.6 is 0 Å². The molecule has 1 aliphatic heterocycles. The van der Waals surface area contributed by atoms with Crippen LogP contribution in [0.25, 0.3) is 10.9 Å². The lowest BCUT2D eigenvalue weighted by Crippen LogP contribution is -2.60. The van der Waals surface area contributed by atoms with Crippen LogP contribution in [0.4, 0.5) is 0 Å². The summed E-state index contributed by atoms with van der Waals surface area (Å²) in [6.45, 7) is 3.50. The summed E-state index contributed by atoms with van der Waals surface area (Å²) in [5.41, 5.74) is 4.83. The second-order valence-electron chi connectivity index (χ2n) is 8.02. The number of fused-ring (bicyclic) bond motifs is 1. The summed E-state index contributed by atoms with van der Waals surface area (Å²) in [7, 11) is 0. The number of aromatic amines is 1. The lowest BCUT2D eigenvalue weighted by atomic mass is 9.99. The van der Waals surface area contributed by atoms with Crippen molar-refractivity contribution in [2.45, 2.75) is 57.4 Å². The van der Waals surface area contributed by atoms with E-state index >= 15 is 0 Å². The molecule has 1 unspecified atom stereocenters. The second kappa shape index (κ2) is 8.94. The van der Waals surface area contributed by atoms with Gasteiger partial charge in [0.2, 0.25) is 6.29 Å². The molecule has 8 nitrogen and oxygen atoms in total. The number of aryl methyl sites for hydroxylation is 2. The van der Waals surface area contributed by atoms with E-state index in [1.54, 1.807) is 0 Å². The third-order valence-corrected chi connectivity index (χ3v) is 5.74. The number of benzene rings is 2. The van der Waals surface area contributed by atoms with Crippen molar-refractivity contribution >= 4 is 10.9 Å². The van der Waals surface area contributed by atoms with Gasteiger partial charge in [0, 0.05) is 6.42 Å². The molecule has 0 radical (unpaired) electrons. The molecular formula is C23H28N2O6. The molecule has 4 rings (SSSR count). The van der Waals surface area contributed by atoms with E-state index in [4.69, 9.17) is 9.47 Å². The van der Waals surface area contributed by atoms with E-state index in [9.17, 15) is 20.4 Å². The number of H-pyrrole nitrogens is 1. The molecule has 1 aliphatic rings. The van der Waals surface area contributed by atoms with Gasteiger partial charge in [0.05, 0.1) is 23.2 Å². The molecule has 5 N–H and O–H groups in total. The number of aromatic nitrogens is 2. The number of nitrogens with zero attached hydrogens (tertiary/aromatic N) is 1. The van der Waals surface area contributed by atoms with Crippen LogP contribution in [0, 0.1) is 6.92 Å². The summed E-state index contributed by atoms with van der Waals surface area (Å²) < 4.78 is 11.5. The van der Waals surface area contributed by atoms with Gasteiger partial charge in [-0.3, -0.25) is 5.10 Å². The fraction of sp³-hybridized carbons (Fsp3) is 0.435. The lowest BCUT2D eigenvalue weighted by molar-refractivity contribution is -0.277. The van der Waals surface area contributed by atoms with Crippen LogP contribution < -0.4 is 4.74 Å². The molecule has 8 heteroatoms. The molecule has 0 spiro atoms. The fourth-order valence-corrected chi connectivity index (χ4v) is 3.92. The van der Waals surface area contributed by atoms with E-state index < -0.39 is 37.3 Å². The van der Waals surface area contributed by atoms with Crippen LogP contribution in [0.1, 0.15) is 29.3 Å². The first-order chi connectivity index (χ1) is 14.9. The van der Waals surface area contributed by atoms with E-state index in [-0.39, 0.29) is 0 Å². The summed E-state index contributed by atoms with van der Waals surface area (Å²) in [6.07, 6.45) is -5.13. The first kappa shape index (κ1) is 21.7. The Morgan fingerprint density at radius 3 is 2.42 bits per heavy atom. The highest BCUT2D eigenvalue weighted by Gasteiger charge is 2.44. The third kappa shape index (κ3) is 4.30.